The molecule has 0 fully saturated rings. The smallest absolute Gasteiger partial charge is 0.439 e. The minimum Gasteiger partial charge on any atom is -0.493 e. The molecule has 1 aromatic carbocycles. The van der Waals surface area contributed by atoms with Gasteiger partial charge < -0.3 is 4.74 Å². The minimum atomic E-state index is -0.583. The second-order valence-electron chi connectivity index (χ2n) is 3.02. The van der Waals surface area contributed by atoms with Gasteiger partial charge in [-0.25, -0.2) is 4.79 Å². The number of nitrogens with one attached hydrogen (secondary N) is 1. The molecular formula is C10H9BrN2O3. The van der Waals surface area contributed by atoms with Crippen LogP contribution in [0.4, 0.5) is 0 Å². The molecule has 0 amide bonds. The van der Waals surface area contributed by atoms with Crippen molar-refractivity contribution in [2.75, 3.05) is 6.61 Å². The van der Waals surface area contributed by atoms with Crippen LogP contribution in [0.1, 0.15) is 6.92 Å². The van der Waals surface area contributed by atoms with Crippen molar-refractivity contribution in [1.82, 2.24) is 10.1 Å². The van der Waals surface area contributed by atoms with Gasteiger partial charge in [-0.05, 0) is 25.1 Å². The highest BCUT2D eigenvalue weighted by atomic mass is 79.9. The lowest BCUT2D eigenvalue weighted by atomic mass is 10.2. The number of nitrogens with zero attached hydrogens (tertiary/aromatic N) is 1. The Balaban J connectivity index is 2.51. The molecule has 6 heteroatoms. The lowest BCUT2D eigenvalue weighted by molar-refractivity contribution is 0.340. The number of hydrogen-bond donors (Lipinski definition) is 1. The molecule has 16 heavy (non-hydrogen) atoms. The Kier molecular flexibility index (Phi) is 3.09. The van der Waals surface area contributed by atoms with Gasteiger partial charge in [0.05, 0.1) is 12.2 Å². The number of H-pyrrole nitrogens is 1. The molecule has 0 bridgehead atoms. The maximum absolute atomic E-state index is 10.9. The summed E-state index contributed by atoms with van der Waals surface area (Å²) in [4.78, 5) is 13.3. The van der Waals surface area contributed by atoms with Gasteiger partial charge in [0, 0.05) is 4.47 Å². The van der Waals surface area contributed by atoms with Gasteiger partial charge in [-0.3, -0.25) is 9.51 Å². The molecule has 0 atom stereocenters. The van der Waals surface area contributed by atoms with E-state index in [-0.39, 0.29) is 0 Å². The van der Waals surface area contributed by atoms with Crippen LogP contribution in [0.3, 0.4) is 0 Å². The standard InChI is InChI=1S/C10H9BrN2O3/c1-2-15-8-5-6(11)3-4-7(8)9-12-10(14)16-13-9/h3-5H,2H2,1H3,(H,12,13,14). The van der Waals surface area contributed by atoms with E-state index in [0.29, 0.717) is 23.7 Å². The Morgan fingerprint density at radius 3 is 3.00 bits per heavy atom. The molecule has 0 aliphatic rings. The normalized spacial score (nSPS) is 10.4. The van der Waals surface area contributed by atoms with Crippen molar-refractivity contribution >= 4 is 15.9 Å². The van der Waals surface area contributed by atoms with Gasteiger partial charge in [0.15, 0.2) is 5.82 Å². The Morgan fingerprint density at radius 1 is 1.56 bits per heavy atom. The largest absolute Gasteiger partial charge is 0.493 e. The van der Waals surface area contributed by atoms with E-state index in [1.807, 2.05) is 19.1 Å². The highest BCUT2D eigenvalue weighted by Gasteiger charge is 2.11. The van der Waals surface area contributed by atoms with Crippen molar-refractivity contribution in [3.63, 3.8) is 0 Å². The van der Waals surface area contributed by atoms with Gasteiger partial charge in [0.1, 0.15) is 5.75 Å². The van der Waals surface area contributed by atoms with Gasteiger partial charge in [-0.1, -0.05) is 21.1 Å². The zero-order chi connectivity index (χ0) is 11.5. The highest BCUT2D eigenvalue weighted by molar-refractivity contribution is 9.10. The van der Waals surface area contributed by atoms with Crippen LogP contribution in [-0.4, -0.2) is 16.7 Å². The summed E-state index contributed by atoms with van der Waals surface area (Å²) >= 11 is 3.35. The number of aromatic nitrogens is 2. The first-order valence-electron chi connectivity index (χ1n) is 4.69. The van der Waals surface area contributed by atoms with E-state index < -0.39 is 5.76 Å². The zero-order valence-corrected chi connectivity index (χ0v) is 10.1. The Labute approximate surface area is 99.5 Å². The molecule has 0 aliphatic carbocycles. The first-order valence-corrected chi connectivity index (χ1v) is 5.48. The Bertz CT molecular complexity index is 547. The van der Waals surface area contributed by atoms with Crippen LogP contribution >= 0.6 is 15.9 Å². The molecule has 0 unspecified atom stereocenters. The maximum Gasteiger partial charge on any atom is 0.439 e. The van der Waals surface area contributed by atoms with Crippen LogP contribution in [0.5, 0.6) is 5.75 Å². The number of halogens is 1. The van der Waals surface area contributed by atoms with Crippen molar-refractivity contribution in [3.05, 3.63) is 33.2 Å². The first kappa shape index (κ1) is 10.9. The number of hydrogen-bond acceptors (Lipinski definition) is 4. The summed E-state index contributed by atoms with van der Waals surface area (Å²) in [5.74, 6) is 0.419. The summed E-state index contributed by atoms with van der Waals surface area (Å²) in [6.45, 7) is 2.42. The molecular weight excluding hydrogens is 276 g/mol. The molecule has 2 rings (SSSR count). The summed E-state index contributed by atoms with van der Waals surface area (Å²) in [7, 11) is 0. The van der Waals surface area contributed by atoms with E-state index in [2.05, 4.69) is 30.6 Å². The molecule has 1 heterocycles. The third kappa shape index (κ3) is 2.16. The van der Waals surface area contributed by atoms with Gasteiger partial charge in [-0.15, -0.1) is 0 Å². The third-order valence-electron chi connectivity index (χ3n) is 1.94. The van der Waals surface area contributed by atoms with E-state index in [1.54, 1.807) is 6.07 Å². The lowest BCUT2D eigenvalue weighted by Gasteiger charge is -2.07. The lowest BCUT2D eigenvalue weighted by Crippen LogP contribution is -1.97. The van der Waals surface area contributed by atoms with Crippen molar-refractivity contribution in [2.45, 2.75) is 6.92 Å². The summed E-state index contributed by atoms with van der Waals surface area (Å²) in [5.41, 5.74) is 0.691. The van der Waals surface area contributed by atoms with E-state index in [4.69, 9.17) is 4.74 Å². The van der Waals surface area contributed by atoms with Crippen molar-refractivity contribution in [1.29, 1.82) is 0 Å². The van der Waals surface area contributed by atoms with Gasteiger partial charge >= 0.3 is 5.76 Å². The fourth-order valence-corrected chi connectivity index (χ4v) is 1.65. The Morgan fingerprint density at radius 2 is 2.38 bits per heavy atom. The fraction of sp³-hybridized carbons (Fsp3) is 0.200. The summed E-state index contributed by atoms with van der Waals surface area (Å²) < 4.78 is 10.8. The molecule has 0 saturated heterocycles. The molecule has 0 aliphatic heterocycles. The third-order valence-corrected chi connectivity index (χ3v) is 2.43. The SMILES string of the molecule is CCOc1cc(Br)ccc1-c1noc(=O)[nH]1. The molecule has 1 N–H and O–H groups in total. The van der Waals surface area contributed by atoms with Crippen LogP contribution in [0.2, 0.25) is 0 Å². The Hall–Kier alpha value is -1.56. The van der Waals surface area contributed by atoms with Crippen LogP contribution in [0.25, 0.3) is 11.4 Å². The van der Waals surface area contributed by atoms with E-state index in [1.165, 1.54) is 0 Å². The number of aromatic amines is 1. The summed E-state index contributed by atoms with van der Waals surface area (Å²) in [6, 6.07) is 5.44. The molecule has 1 aromatic heterocycles. The summed E-state index contributed by atoms with van der Waals surface area (Å²) in [6.07, 6.45) is 0. The number of benzene rings is 1. The predicted octanol–water partition coefficient (Wildman–Crippen LogP) is 2.19. The summed E-state index contributed by atoms with van der Waals surface area (Å²) in [5, 5.41) is 3.62. The second-order valence-corrected chi connectivity index (χ2v) is 3.93. The minimum absolute atomic E-state index is 0.362. The maximum atomic E-state index is 10.9. The fourth-order valence-electron chi connectivity index (χ4n) is 1.31. The second kappa shape index (κ2) is 4.52. The number of ether oxygens (including phenoxy) is 1. The van der Waals surface area contributed by atoms with E-state index in [9.17, 15) is 4.79 Å². The van der Waals surface area contributed by atoms with E-state index >= 15 is 0 Å². The quantitative estimate of drug-likeness (QED) is 0.938. The van der Waals surface area contributed by atoms with Gasteiger partial charge in [0.25, 0.3) is 0 Å². The van der Waals surface area contributed by atoms with Crippen LogP contribution < -0.4 is 10.5 Å². The van der Waals surface area contributed by atoms with Crippen molar-refractivity contribution in [3.8, 4) is 17.1 Å². The molecule has 5 nitrogen and oxygen atoms in total. The average molecular weight is 285 g/mol. The molecule has 84 valence electrons. The van der Waals surface area contributed by atoms with E-state index in [0.717, 1.165) is 4.47 Å². The molecule has 0 saturated carbocycles. The zero-order valence-electron chi connectivity index (χ0n) is 8.49. The van der Waals surface area contributed by atoms with Crippen LogP contribution in [0.15, 0.2) is 32.0 Å². The molecule has 2 aromatic rings. The first-order chi connectivity index (χ1) is 7.70. The monoisotopic (exact) mass is 284 g/mol. The van der Waals surface area contributed by atoms with Crippen LogP contribution in [0, 0.1) is 0 Å². The van der Waals surface area contributed by atoms with Crippen molar-refractivity contribution < 1.29 is 9.26 Å². The molecule has 0 spiro atoms. The topological polar surface area (TPSA) is 68.1 Å². The number of rotatable bonds is 3. The van der Waals surface area contributed by atoms with Gasteiger partial charge in [0.2, 0.25) is 0 Å². The predicted molar refractivity (Wildman–Crippen MR) is 61.4 cm³/mol. The van der Waals surface area contributed by atoms with Gasteiger partial charge in [-0.2, -0.15) is 0 Å². The van der Waals surface area contributed by atoms with Crippen molar-refractivity contribution in [2.24, 2.45) is 0 Å². The van der Waals surface area contributed by atoms with Crippen LogP contribution in [-0.2, 0) is 0 Å². The average Bonchev–Trinajstić information content (AvgIpc) is 2.65. The highest BCUT2D eigenvalue weighted by Crippen LogP contribution is 2.30. The molecule has 0 radical (unpaired) electrons.